The Morgan fingerprint density at radius 2 is 1.63 bits per heavy atom. The molecule has 2 unspecified atom stereocenters. The zero-order valence-corrected chi connectivity index (χ0v) is 27.4. The SMILES string of the molecule is Cc1c(C)n(Cc2ccc(-c3ccccc3C(=O)N3CCC(O)C3)cc2)c2ccc(C(=O)NC(C)c3cccc(C(C)C)c3)cc12. The number of amides is 2. The number of fused-ring (bicyclic) bond motifs is 1. The minimum absolute atomic E-state index is 0.0380. The van der Waals surface area contributed by atoms with Crippen LogP contribution in [0.2, 0.25) is 0 Å². The molecule has 2 amide bonds. The third kappa shape index (κ3) is 6.22. The summed E-state index contributed by atoms with van der Waals surface area (Å²) in [7, 11) is 0. The molecule has 1 aromatic heterocycles. The second-order valence-corrected chi connectivity index (χ2v) is 13.0. The summed E-state index contributed by atoms with van der Waals surface area (Å²) in [4.78, 5) is 28.3. The van der Waals surface area contributed by atoms with Crippen molar-refractivity contribution in [1.82, 2.24) is 14.8 Å². The van der Waals surface area contributed by atoms with Crippen LogP contribution in [-0.4, -0.2) is 45.6 Å². The molecule has 0 aliphatic carbocycles. The van der Waals surface area contributed by atoms with E-state index in [1.165, 1.54) is 16.8 Å². The molecule has 2 N–H and O–H groups in total. The topological polar surface area (TPSA) is 74.6 Å². The van der Waals surface area contributed by atoms with Crippen LogP contribution in [0.1, 0.15) is 87.8 Å². The molecule has 1 aliphatic heterocycles. The first-order chi connectivity index (χ1) is 22.1. The monoisotopic (exact) mass is 613 g/mol. The van der Waals surface area contributed by atoms with Crippen LogP contribution in [0.5, 0.6) is 0 Å². The number of aryl methyl sites for hydroxylation is 1. The Hall–Kier alpha value is -4.68. The van der Waals surface area contributed by atoms with E-state index in [0.29, 0.717) is 43.1 Å². The van der Waals surface area contributed by atoms with E-state index in [4.69, 9.17) is 0 Å². The smallest absolute Gasteiger partial charge is 0.254 e. The number of carbonyl (C=O) groups excluding carboxylic acids is 2. The molecule has 2 heterocycles. The van der Waals surface area contributed by atoms with Gasteiger partial charge < -0.3 is 19.9 Å². The Morgan fingerprint density at radius 1 is 0.891 bits per heavy atom. The second kappa shape index (κ2) is 13.0. The molecule has 0 spiro atoms. The van der Waals surface area contributed by atoms with Crippen LogP contribution < -0.4 is 5.32 Å². The zero-order valence-electron chi connectivity index (χ0n) is 27.4. The van der Waals surface area contributed by atoms with Crippen LogP contribution in [-0.2, 0) is 6.54 Å². The van der Waals surface area contributed by atoms with Crippen molar-refractivity contribution in [2.45, 2.75) is 65.6 Å². The Bertz CT molecular complexity index is 1900. The molecule has 6 nitrogen and oxygen atoms in total. The van der Waals surface area contributed by atoms with Crippen molar-refractivity contribution < 1.29 is 14.7 Å². The highest BCUT2D eigenvalue weighted by atomic mass is 16.3. The molecule has 2 atom stereocenters. The Balaban J connectivity index is 1.20. The predicted octanol–water partition coefficient (Wildman–Crippen LogP) is 7.79. The van der Waals surface area contributed by atoms with Gasteiger partial charge in [-0.15, -0.1) is 0 Å². The average Bonchev–Trinajstić information content (AvgIpc) is 3.61. The van der Waals surface area contributed by atoms with E-state index in [0.717, 1.165) is 33.2 Å². The second-order valence-electron chi connectivity index (χ2n) is 13.0. The van der Waals surface area contributed by atoms with E-state index < -0.39 is 6.10 Å². The van der Waals surface area contributed by atoms with Crippen LogP contribution >= 0.6 is 0 Å². The van der Waals surface area contributed by atoms with E-state index in [2.05, 4.69) is 92.2 Å². The van der Waals surface area contributed by atoms with E-state index in [-0.39, 0.29) is 17.9 Å². The molecule has 4 aromatic carbocycles. The number of β-amino-alcohol motifs (C(OH)–C–C–N with tert-alkyl or cyclic N) is 1. The van der Waals surface area contributed by atoms with Gasteiger partial charge in [0.1, 0.15) is 0 Å². The van der Waals surface area contributed by atoms with E-state index in [1.807, 2.05) is 43.3 Å². The highest BCUT2D eigenvalue weighted by Gasteiger charge is 2.27. The number of benzene rings is 4. The first-order valence-electron chi connectivity index (χ1n) is 16.3. The molecule has 1 fully saturated rings. The quantitative estimate of drug-likeness (QED) is 0.188. The molecule has 46 heavy (non-hydrogen) atoms. The number of nitrogens with one attached hydrogen (secondary N) is 1. The maximum Gasteiger partial charge on any atom is 0.254 e. The summed E-state index contributed by atoms with van der Waals surface area (Å²) in [5, 5.41) is 14.2. The van der Waals surface area contributed by atoms with Crippen molar-refractivity contribution >= 4 is 22.7 Å². The molecule has 6 heteroatoms. The van der Waals surface area contributed by atoms with Gasteiger partial charge in [0.15, 0.2) is 0 Å². The van der Waals surface area contributed by atoms with Gasteiger partial charge in [-0.25, -0.2) is 0 Å². The molecule has 0 saturated carbocycles. The van der Waals surface area contributed by atoms with E-state index in [1.54, 1.807) is 4.90 Å². The lowest BCUT2D eigenvalue weighted by molar-refractivity contribution is 0.0765. The standard InChI is InChI=1S/C40H43N3O3/c1-25(2)31-9-8-10-32(21-31)27(4)41-39(45)33-17-18-38-37(22-33)26(3)28(5)43(38)23-29-13-15-30(16-14-29)35-11-6-7-12-36(35)40(46)42-20-19-34(44)24-42/h6-18,21-22,25,27,34,44H,19-20,23-24H2,1-5H3,(H,41,45). The maximum atomic E-state index is 13.3. The number of aliphatic hydroxyl groups excluding tert-OH is 1. The Morgan fingerprint density at radius 3 is 2.35 bits per heavy atom. The van der Waals surface area contributed by atoms with Crippen LogP contribution in [0.4, 0.5) is 0 Å². The summed E-state index contributed by atoms with van der Waals surface area (Å²) in [6.45, 7) is 12.3. The van der Waals surface area contributed by atoms with Gasteiger partial charge in [0.05, 0.1) is 12.1 Å². The number of hydrogen-bond acceptors (Lipinski definition) is 3. The fourth-order valence-electron chi connectivity index (χ4n) is 6.54. The molecule has 5 aromatic rings. The van der Waals surface area contributed by atoms with Gasteiger partial charge in [-0.2, -0.15) is 0 Å². The number of likely N-dealkylation sites (tertiary alicyclic amines) is 1. The van der Waals surface area contributed by atoms with Gasteiger partial charge in [0, 0.05) is 47.4 Å². The molecule has 0 radical (unpaired) electrons. The number of rotatable bonds is 8. The average molecular weight is 614 g/mol. The molecule has 236 valence electrons. The fraction of sp³-hybridized carbons (Fsp3) is 0.300. The van der Waals surface area contributed by atoms with Crippen LogP contribution in [0.3, 0.4) is 0 Å². The van der Waals surface area contributed by atoms with Gasteiger partial charge in [0.2, 0.25) is 0 Å². The lowest BCUT2D eigenvalue weighted by Crippen LogP contribution is -2.29. The highest BCUT2D eigenvalue weighted by molar-refractivity contribution is 6.01. The molecule has 1 saturated heterocycles. The molecular weight excluding hydrogens is 570 g/mol. The summed E-state index contributed by atoms with van der Waals surface area (Å²) in [5.74, 6) is 0.315. The Kier molecular flexibility index (Phi) is 8.83. The molecule has 1 aliphatic rings. The number of hydrogen-bond donors (Lipinski definition) is 2. The summed E-state index contributed by atoms with van der Waals surface area (Å²) in [6.07, 6.45) is 0.175. The van der Waals surface area contributed by atoms with Crippen LogP contribution in [0, 0.1) is 13.8 Å². The summed E-state index contributed by atoms with van der Waals surface area (Å²) >= 11 is 0. The molecular formula is C40H43N3O3. The third-order valence-electron chi connectivity index (χ3n) is 9.54. The van der Waals surface area contributed by atoms with E-state index >= 15 is 0 Å². The van der Waals surface area contributed by atoms with Gasteiger partial charge in [-0.05, 0) is 90.8 Å². The summed E-state index contributed by atoms with van der Waals surface area (Å²) in [5.41, 5.74) is 10.1. The van der Waals surface area contributed by atoms with Crippen molar-refractivity contribution in [1.29, 1.82) is 0 Å². The normalized spacial score (nSPS) is 15.5. The number of carbonyl (C=O) groups is 2. The first kappa shape index (κ1) is 31.3. The first-order valence-corrected chi connectivity index (χ1v) is 16.3. The minimum Gasteiger partial charge on any atom is -0.391 e. The van der Waals surface area contributed by atoms with Crippen LogP contribution in [0.25, 0.3) is 22.0 Å². The number of aromatic nitrogens is 1. The summed E-state index contributed by atoms with van der Waals surface area (Å²) < 4.78 is 2.30. The number of aliphatic hydroxyl groups is 1. The van der Waals surface area contributed by atoms with Crippen molar-refractivity contribution in [3.8, 4) is 11.1 Å². The largest absolute Gasteiger partial charge is 0.391 e. The van der Waals surface area contributed by atoms with Gasteiger partial charge in [-0.1, -0.05) is 80.6 Å². The van der Waals surface area contributed by atoms with Crippen LogP contribution in [0.15, 0.2) is 91.0 Å². The van der Waals surface area contributed by atoms with Gasteiger partial charge >= 0.3 is 0 Å². The number of nitrogens with zero attached hydrogens (tertiary/aromatic N) is 2. The van der Waals surface area contributed by atoms with Crippen molar-refractivity contribution in [2.75, 3.05) is 13.1 Å². The molecule has 0 bridgehead atoms. The minimum atomic E-state index is -0.447. The Labute approximate surface area is 271 Å². The van der Waals surface area contributed by atoms with Crippen molar-refractivity contribution in [3.05, 3.63) is 130 Å². The lowest BCUT2D eigenvalue weighted by atomic mass is 9.98. The van der Waals surface area contributed by atoms with Crippen molar-refractivity contribution in [2.24, 2.45) is 0 Å². The predicted molar refractivity (Wildman–Crippen MR) is 185 cm³/mol. The maximum absolute atomic E-state index is 13.3. The van der Waals surface area contributed by atoms with Gasteiger partial charge in [-0.3, -0.25) is 9.59 Å². The summed E-state index contributed by atoms with van der Waals surface area (Å²) in [6, 6.07) is 30.4. The zero-order chi connectivity index (χ0) is 32.5. The van der Waals surface area contributed by atoms with E-state index in [9.17, 15) is 14.7 Å². The third-order valence-corrected chi connectivity index (χ3v) is 9.54. The van der Waals surface area contributed by atoms with Gasteiger partial charge in [0.25, 0.3) is 11.8 Å². The highest BCUT2D eigenvalue weighted by Crippen LogP contribution is 2.30. The molecule has 6 rings (SSSR count). The fourth-order valence-corrected chi connectivity index (χ4v) is 6.54. The lowest BCUT2D eigenvalue weighted by Gasteiger charge is -2.18. The van der Waals surface area contributed by atoms with Crippen molar-refractivity contribution in [3.63, 3.8) is 0 Å².